The average molecular weight is 267 g/mol. The molecule has 20 heavy (non-hydrogen) atoms. The number of ether oxygens (including phenoxy) is 2. The molecule has 0 radical (unpaired) electrons. The van der Waals surface area contributed by atoms with Crippen LogP contribution < -0.4 is 9.47 Å². The Morgan fingerprint density at radius 1 is 1.00 bits per heavy atom. The average Bonchev–Trinajstić information content (AvgIpc) is 2.53. The van der Waals surface area contributed by atoms with Gasteiger partial charge in [0.1, 0.15) is 11.5 Å². The second-order valence-electron chi connectivity index (χ2n) is 4.51. The Balaban J connectivity index is 2.17. The van der Waals surface area contributed by atoms with Gasteiger partial charge in [-0.25, -0.2) is 0 Å². The van der Waals surface area contributed by atoms with E-state index in [0.29, 0.717) is 6.42 Å². The number of rotatable bonds is 5. The first kappa shape index (κ1) is 14.0. The lowest BCUT2D eigenvalue weighted by Crippen LogP contribution is -2.01. The minimum Gasteiger partial charge on any atom is -0.497 e. The van der Waals surface area contributed by atoms with Gasteiger partial charge in [-0.05, 0) is 41.8 Å². The van der Waals surface area contributed by atoms with Crippen molar-refractivity contribution in [2.24, 2.45) is 0 Å². The second kappa shape index (κ2) is 6.63. The summed E-state index contributed by atoms with van der Waals surface area (Å²) in [6.45, 7) is 0. The van der Waals surface area contributed by atoms with E-state index >= 15 is 0 Å². The van der Waals surface area contributed by atoms with Gasteiger partial charge in [0.05, 0.1) is 26.2 Å². The van der Waals surface area contributed by atoms with Crippen molar-refractivity contribution < 1.29 is 9.47 Å². The molecule has 102 valence electrons. The standard InChI is InChI=1S/C17H17NO2/c1-19-16-8-6-14(7-9-16)15(12-18)10-13-4-3-5-17(11-13)20-2/h3-9,11,15H,10H2,1-2H3/t15-/m1/s1. The molecule has 2 rings (SSSR count). The van der Waals surface area contributed by atoms with Crippen molar-refractivity contribution in [1.29, 1.82) is 5.26 Å². The first-order chi connectivity index (χ1) is 9.76. The molecule has 0 fully saturated rings. The van der Waals surface area contributed by atoms with Gasteiger partial charge in [-0.1, -0.05) is 24.3 Å². The molecular formula is C17H17NO2. The van der Waals surface area contributed by atoms with Crippen molar-refractivity contribution >= 4 is 0 Å². The van der Waals surface area contributed by atoms with Crippen molar-refractivity contribution in [1.82, 2.24) is 0 Å². The molecule has 0 unspecified atom stereocenters. The van der Waals surface area contributed by atoms with Crippen LogP contribution in [0.2, 0.25) is 0 Å². The molecule has 0 aliphatic rings. The summed E-state index contributed by atoms with van der Waals surface area (Å²) in [6, 6.07) is 17.8. The molecule has 0 bridgehead atoms. The third-order valence-corrected chi connectivity index (χ3v) is 3.25. The molecule has 0 aliphatic carbocycles. The van der Waals surface area contributed by atoms with E-state index in [1.807, 2.05) is 48.5 Å². The Hall–Kier alpha value is -2.47. The predicted molar refractivity (Wildman–Crippen MR) is 78.0 cm³/mol. The van der Waals surface area contributed by atoms with Gasteiger partial charge in [-0.3, -0.25) is 0 Å². The normalized spacial score (nSPS) is 11.4. The van der Waals surface area contributed by atoms with Gasteiger partial charge in [0.15, 0.2) is 0 Å². The molecule has 0 spiro atoms. The van der Waals surface area contributed by atoms with Crippen LogP contribution in [0.3, 0.4) is 0 Å². The van der Waals surface area contributed by atoms with Crippen molar-refractivity contribution in [2.75, 3.05) is 14.2 Å². The van der Waals surface area contributed by atoms with Gasteiger partial charge in [0.25, 0.3) is 0 Å². The van der Waals surface area contributed by atoms with Crippen LogP contribution in [0.25, 0.3) is 0 Å². The molecule has 0 amide bonds. The monoisotopic (exact) mass is 267 g/mol. The van der Waals surface area contributed by atoms with Crippen LogP contribution in [0.5, 0.6) is 11.5 Å². The molecule has 1 atom stereocenters. The minimum absolute atomic E-state index is 0.173. The van der Waals surface area contributed by atoms with Crippen molar-refractivity contribution in [3.8, 4) is 17.6 Å². The zero-order chi connectivity index (χ0) is 14.4. The van der Waals surface area contributed by atoms with E-state index in [1.54, 1.807) is 14.2 Å². The number of methoxy groups -OCH3 is 2. The topological polar surface area (TPSA) is 42.2 Å². The molecule has 0 saturated carbocycles. The summed E-state index contributed by atoms with van der Waals surface area (Å²) in [4.78, 5) is 0. The molecule has 0 N–H and O–H groups in total. The fourth-order valence-corrected chi connectivity index (χ4v) is 2.11. The molecule has 3 nitrogen and oxygen atoms in total. The summed E-state index contributed by atoms with van der Waals surface area (Å²) in [5, 5.41) is 9.38. The van der Waals surface area contributed by atoms with Gasteiger partial charge < -0.3 is 9.47 Å². The molecule has 2 aromatic carbocycles. The van der Waals surface area contributed by atoms with Crippen LogP contribution in [-0.2, 0) is 6.42 Å². The van der Waals surface area contributed by atoms with E-state index in [0.717, 1.165) is 22.6 Å². The van der Waals surface area contributed by atoms with E-state index in [9.17, 15) is 5.26 Å². The third kappa shape index (κ3) is 3.30. The number of hydrogen-bond donors (Lipinski definition) is 0. The van der Waals surface area contributed by atoms with E-state index in [2.05, 4.69) is 6.07 Å². The summed E-state index contributed by atoms with van der Waals surface area (Å²) < 4.78 is 10.3. The summed E-state index contributed by atoms with van der Waals surface area (Å²) >= 11 is 0. The lowest BCUT2D eigenvalue weighted by atomic mass is 9.93. The maximum absolute atomic E-state index is 9.38. The number of benzene rings is 2. The summed E-state index contributed by atoms with van der Waals surface area (Å²) in [5.41, 5.74) is 2.09. The van der Waals surface area contributed by atoms with Crippen LogP contribution >= 0.6 is 0 Å². The number of hydrogen-bond acceptors (Lipinski definition) is 3. The molecular weight excluding hydrogens is 250 g/mol. The highest BCUT2D eigenvalue weighted by atomic mass is 16.5. The predicted octanol–water partition coefficient (Wildman–Crippen LogP) is 3.55. The first-order valence-corrected chi connectivity index (χ1v) is 6.43. The van der Waals surface area contributed by atoms with Crippen LogP contribution in [0.1, 0.15) is 17.0 Å². The Bertz CT molecular complexity index is 599. The Morgan fingerprint density at radius 2 is 1.70 bits per heavy atom. The zero-order valence-electron chi connectivity index (χ0n) is 11.7. The highest BCUT2D eigenvalue weighted by Gasteiger charge is 2.12. The summed E-state index contributed by atoms with van der Waals surface area (Å²) in [5.74, 6) is 1.44. The molecule has 0 aliphatic heterocycles. The summed E-state index contributed by atoms with van der Waals surface area (Å²) in [6.07, 6.45) is 0.667. The van der Waals surface area contributed by atoms with Crippen molar-refractivity contribution in [2.45, 2.75) is 12.3 Å². The van der Waals surface area contributed by atoms with Crippen LogP contribution in [0.4, 0.5) is 0 Å². The highest BCUT2D eigenvalue weighted by molar-refractivity contribution is 5.35. The molecule has 3 heteroatoms. The van der Waals surface area contributed by atoms with Gasteiger partial charge in [0, 0.05) is 0 Å². The van der Waals surface area contributed by atoms with Crippen LogP contribution in [0, 0.1) is 11.3 Å². The second-order valence-corrected chi connectivity index (χ2v) is 4.51. The van der Waals surface area contributed by atoms with Crippen molar-refractivity contribution in [3.63, 3.8) is 0 Å². The highest BCUT2D eigenvalue weighted by Crippen LogP contribution is 2.24. The van der Waals surface area contributed by atoms with E-state index in [-0.39, 0.29) is 5.92 Å². The van der Waals surface area contributed by atoms with Crippen LogP contribution in [0.15, 0.2) is 48.5 Å². The molecule has 0 aromatic heterocycles. The molecule has 2 aromatic rings. The smallest absolute Gasteiger partial charge is 0.119 e. The lowest BCUT2D eigenvalue weighted by Gasteiger charge is -2.11. The zero-order valence-corrected chi connectivity index (χ0v) is 11.7. The SMILES string of the molecule is COc1ccc([C@@H](C#N)Cc2cccc(OC)c2)cc1. The number of nitrogens with zero attached hydrogens (tertiary/aromatic N) is 1. The van der Waals surface area contributed by atoms with Gasteiger partial charge in [-0.2, -0.15) is 5.26 Å². The largest absolute Gasteiger partial charge is 0.497 e. The molecule has 0 saturated heterocycles. The van der Waals surface area contributed by atoms with Crippen molar-refractivity contribution in [3.05, 3.63) is 59.7 Å². The number of nitriles is 1. The maximum atomic E-state index is 9.38. The minimum atomic E-state index is -0.173. The molecule has 0 heterocycles. The van der Waals surface area contributed by atoms with Gasteiger partial charge in [-0.15, -0.1) is 0 Å². The fraction of sp³-hybridized carbons (Fsp3) is 0.235. The first-order valence-electron chi connectivity index (χ1n) is 6.43. The Labute approximate surface area is 119 Å². The maximum Gasteiger partial charge on any atom is 0.119 e. The van der Waals surface area contributed by atoms with E-state index in [1.165, 1.54) is 0 Å². The summed E-state index contributed by atoms with van der Waals surface area (Å²) in [7, 11) is 3.28. The quantitative estimate of drug-likeness (QED) is 0.832. The fourth-order valence-electron chi connectivity index (χ4n) is 2.11. The lowest BCUT2D eigenvalue weighted by molar-refractivity contribution is 0.414. The Morgan fingerprint density at radius 3 is 2.30 bits per heavy atom. The van der Waals surface area contributed by atoms with Crippen LogP contribution in [-0.4, -0.2) is 14.2 Å². The van der Waals surface area contributed by atoms with E-state index < -0.39 is 0 Å². The Kier molecular flexibility index (Phi) is 4.62. The third-order valence-electron chi connectivity index (χ3n) is 3.25. The van der Waals surface area contributed by atoms with Gasteiger partial charge >= 0.3 is 0 Å². The van der Waals surface area contributed by atoms with E-state index in [4.69, 9.17) is 9.47 Å². The van der Waals surface area contributed by atoms with Gasteiger partial charge in [0.2, 0.25) is 0 Å².